The van der Waals surface area contributed by atoms with E-state index < -0.39 is 6.40 Å². The number of imide groups is 1. The van der Waals surface area contributed by atoms with Crippen LogP contribution in [-0.4, -0.2) is 29.0 Å². The van der Waals surface area contributed by atoms with Gasteiger partial charge in [-0.15, -0.1) is 0 Å². The smallest absolute Gasteiger partial charge is 0.267 e. The van der Waals surface area contributed by atoms with Gasteiger partial charge in [0.2, 0.25) is 0 Å². The van der Waals surface area contributed by atoms with Gasteiger partial charge in [0.25, 0.3) is 11.8 Å². The Bertz CT molecular complexity index is 393. The SMILES string of the molecule is [3H]C(C)C(=O)CCCCCN1C(=O)C=C(Br)C1=O. The normalized spacial score (nSPS) is 18.1. The number of hydrogen-bond donors (Lipinski definition) is 0. The molecule has 0 spiro atoms. The third-order valence-corrected chi connectivity index (χ3v) is 3.16. The number of halogens is 1. The monoisotopic (exact) mass is 303 g/mol. The van der Waals surface area contributed by atoms with Crippen molar-refractivity contribution in [3.05, 3.63) is 10.6 Å². The second-order valence-electron chi connectivity index (χ2n) is 3.85. The summed E-state index contributed by atoms with van der Waals surface area (Å²) in [5, 5.41) is 0. The number of unbranched alkanes of at least 4 members (excludes halogenated alkanes) is 2. The zero-order valence-electron chi connectivity index (χ0n) is 10.7. The Kier molecular flexibility index (Phi) is 4.91. The summed E-state index contributed by atoms with van der Waals surface area (Å²) in [5.41, 5.74) is 0. The Morgan fingerprint density at radius 1 is 1.41 bits per heavy atom. The number of ketones is 1. The van der Waals surface area contributed by atoms with Gasteiger partial charge >= 0.3 is 0 Å². The number of carbonyl (C=O) groups is 3. The van der Waals surface area contributed by atoms with Gasteiger partial charge in [0, 0.05) is 26.8 Å². The zero-order valence-corrected chi connectivity index (χ0v) is 11.3. The quantitative estimate of drug-likeness (QED) is 0.535. The predicted octanol–water partition coefficient (Wildman–Crippen LogP) is 2.17. The number of nitrogens with zero attached hydrogens (tertiary/aromatic N) is 1. The average Bonchev–Trinajstić information content (AvgIpc) is 2.54. The van der Waals surface area contributed by atoms with Crippen molar-refractivity contribution in [2.75, 3.05) is 6.54 Å². The zero-order chi connectivity index (χ0) is 13.7. The minimum absolute atomic E-state index is 0.0623. The molecule has 0 aliphatic carbocycles. The van der Waals surface area contributed by atoms with Crippen molar-refractivity contribution >= 4 is 33.5 Å². The summed E-state index contributed by atoms with van der Waals surface area (Å²) in [7, 11) is 0. The molecule has 0 saturated heterocycles. The topological polar surface area (TPSA) is 54.5 Å². The Morgan fingerprint density at radius 3 is 2.65 bits per heavy atom. The molecule has 1 aliphatic heterocycles. The molecule has 5 heteroatoms. The van der Waals surface area contributed by atoms with Crippen LogP contribution >= 0.6 is 15.9 Å². The molecule has 4 nitrogen and oxygen atoms in total. The number of hydrogen-bond acceptors (Lipinski definition) is 3. The maximum absolute atomic E-state index is 11.5. The van der Waals surface area contributed by atoms with E-state index in [1.165, 1.54) is 11.0 Å². The molecule has 1 heterocycles. The van der Waals surface area contributed by atoms with E-state index in [4.69, 9.17) is 1.37 Å². The summed E-state index contributed by atoms with van der Waals surface area (Å²) in [6.45, 7) is 1.95. The van der Waals surface area contributed by atoms with E-state index >= 15 is 0 Å². The lowest BCUT2D eigenvalue weighted by atomic mass is 10.1. The highest BCUT2D eigenvalue weighted by molar-refractivity contribution is 9.12. The first-order valence-corrected chi connectivity index (χ1v) is 6.40. The highest BCUT2D eigenvalue weighted by Gasteiger charge is 2.28. The van der Waals surface area contributed by atoms with Gasteiger partial charge in [0.1, 0.15) is 5.78 Å². The molecule has 94 valence electrons. The summed E-state index contributed by atoms with van der Waals surface area (Å²) < 4.78 is 7.51. The molecule has 0 fully saturated rings. The molecule has 1 atom stereocenters. The fraction of sp³-hybridized carbons (Fsp3) is 0.583. The number of carbonyl (C=O) groups excluding carboxylic acids is 3. The van der Waals surface area contributed by atoms with Gasteiger partial charge in [0.05, 0.1) is 4.48 Å². The molecule has 0 saturated carbocycles. The van der Waals surface area contributed by atoms with Crippen LogP contribution in [0.5, 0.6) is 0 Å². The molecule has 0 radical (unpaired) electrons. The first-order chi connectivity index (χ1) is 8.43. The van der Waals surface area contributed by atoms with Gasteiger partial charge in [0.15, 0.2) is 0 Å². The summed E-state index contributed by atoms with van der Waals surface area (Å²) in [6, 6.07) is 0. The predicted molar refractivity (Wildman–Crippen MR) is 67.5 cm³/mol. The van der Waals surface area contributed by atoms with E-state index in [0.29, 0.717) is 30.3 Å². The van der Waals surface area contributed by atoms with Crippen molar-refractivity contribution < 1.29 is 15.8 Å². The third kappa shape index (κ3) is 4.07. The second-order valence-corrected chi connectivity index (χ2v) is 4.71. The molecular weight excluding hydrogens is 286 g/mol. The van der Waals surface area contributed by atoms with Gasteiger partial charge in [-0.05, 0) is 28.8 Å². The molecule has 0 N–H and O–H groups in total. The first kappa shape index (κ1) is 12.5. The van der Waals surface area contributed by atoms with Crippen LogP contribution in [0.3, 0.4) is 0 Å². The number of Topliss-reactive ketones (excluding diaryl/α,β-unsaturated/α-hetero) is 1. The van der Waals surface area contributed by atoms with Crippen LogP contribution in [0.15, 0.2) is 10.6 Å². The molecule has 0 aromatic heterocycles. The molecule has 0 bridgehead atoms. The van der Waals surface area contributed by atoms with Gasteiger partial charge in [-0.2, -0.15) is 0 Å². The van der Waals surface area contributed by atoms with Crippen molar-refractivity contribution in [3.8, 4) is 0 Å². The molecule has 0 aromatic carbocycles. The highest BCUT2D eigenvalue weighted by Crippen LogP contribution is 2.18. The lowest BCUT2D eigenvalue weighted by molar-refractivity contribution is -0.137. The minimum atomic E-state index is -0.660. The van der Waals surface area contributed by atoms with Gasteiger partial charge in [-0.3, -0.25) is 19.3 Å². The molecule has 1 rings (SSSR count). The fourth-order valence-electron chi connectivity index (χ4n) is 1.58. The van der Waals surface area contributed by atoms with E-state index in [1.54, 1.807) is 6.92 Å². The fourth-order valence-corrected chi connectivity index (χ4v) is 1.99. The van der Waals surface area contributed by atoms with Crippen molar-refractivity contribution in [3.63, 3.8) is 0 Å². The summed E-state index contributed by atoms with van der Waals surface area (Å²) in [6.07, 6.45) is 3.17. The van der Waals surface area contributed by atoms with E-state index in [2.05, 4.69) is 15.9 Å². The molecule has 1 unspecified atom stereocenters. The summed E-state index contributed by atoms with van der Waals surface area (Å²) in [5.74, 6) is -0.647. The van der Waals surface area contributed by atoms with Gasteiger partial charge in [-0.25, -0.2) is 0 Å². The van der Waals surface area contributed by atoms with E-state index in [1.807, 2.05) is 0 Å². The molecule has 17 heavy (non-hydrogen) atoms. The summed E-state index contributed by atoms with van der Waals surface area (Å²) in [4.78, 5) is 35.2. The van der Waals surface area contributed by atoms with Crippen LogP contribution in [0.4, 0.5) is 0 Å². The minimum Gasteiger partial charge on any atom is -0.300 e. The Morgan fingerprint density at radius 2 is 2.12 bits per heavy atom. The van der Waals surface area contributed by atoms with Gasteiger partial charge < -0.3 is 0 Å². The van der Waals surface area contributed by atoms with E-state index in [0.717, 1.165) is 6.42 Å². The Labute approximate surface area is 111 Å². The lowest BCUT2D eigenvalue weighted by Gasteiger charge is -2.13. The Balaban J connectivity index is 2.18. The van der Waals surface area contributed by atoms with Gasteiger partial charge in [-0.1, -0.05) is 13.3 Å². The van der Waals surface area contributed by atoms with Crippen LogP contribution < -0.4 is 0 Å². The van der Waals surface area contributed by atoms with Crippen molar-refractivity contribution in [1.29, 1.82) is 0 Å². The van der Waals surface area contributed by atoms with Crippen LogP contribution in [0.2, 0.25) is 0 Å². The van der Waals surface area contributed by atoms with Crippen LogP contribution in [0.25, 0.3) is 0 Å². The number of amides is 2. The third-order valence-electron chi connectivity index (χ3n) is 2.59. The van der Waals surface area contributed by atoms with Crippen LogP contribution in [0, 0.1) is 0 Å². The maximum Gasteiger partial charge on any atom is 0.267 e. The van der Waals surface area contributed by atoms with Crippen molar-refractivity contribution in [2.45, 2.75) is 39.0 Å². The molecular formula is C12H16BrNO3. The number of rotatable bonds is 7. The molecule has 0 aromatic rings. The molecule has 2 amide bonds. The standard InChI is InChI=1S/C12H16BrNO3/c1-2-9(15)6-4-3-5-7-14-11(16)8-10(13)12(14)17/h8H,2-7H2,1H3/i2T. The van der Waals surface area contributed by atoms with E-state index in [-0.39, 0.29) is 17.6 Å². The first-order valence-electron chi connectivity index (χ1n) is 6.19. The second kappa shape index (κ2) is 6.69. The van der Waals surface area contributed by atoms with Crippen molar-refractivity contribution in [1.82, 2.24) is 4.90 Å². The van der Waals surface area contributed by atoms with Crippen LogP contribution in [0.1, 0.15) is 40.4 Å². The average molecular weight is 304 g/mol. The molecule has 1 aliphatic rings. The Hall–Kier alpha value is -0.970. The van der Waals surface area contributed by atoms with E-state index in [9.17, 15) is 14.4 Å². The maximum atomic E-state index is 11.5. The lowest BCUT2D eigenvalue weighted by Crippen LogP contribution is -2.31. The largest absolute Gasteiger partial charge is 0.300 e. The summed E-state index contributed by atoms with van der Waals surface area (Å²) >= 11 is 3.03. The highest BCUT2D eigenvalue weighted by atomic mass is 79.9. The van der Waals surface area contributed by atoms with Crippen molar-refractivity contribution in [2.24, 2.45) is 0 Å². The van der Waals surface area contributed by atoms with Crippen LogP contribution in [-0.2, 0) is 14.4 Å².